The van der Waals surface area contributed by atoms with Crippen LogP contribution in [0.2, 0.25) is 0 Å². The summed E-state index contributed by atoms with van der Waals surface area (Å²) in [6.07, 6.45) is 0.171. The molecule has 0 unspecified atom stereocenters. The highest BCUT2D eigenvalue weighted by Gasteiger charge is 2.30. The van der Waals surface area contributed by atoms with Crippen LogP contribution in [0.5, 0.6) is 11.5 Å². The molecule has 0 aliphatic carbocycles. The van der Waals surface area contributed by atoms with Crippen LogP contribution in [-0.2, 0) is 0 Å². The van der Waals surface area contributed by atoms with Crippen molar-refractivity contribution in [3.05, 3.63) is 230 Å². The maximum Gasteiger partial charge on any atom is 0.119 e. The maximum absolute atomic E-state index is 6.14. The van der Waals surface area contributed by atoms with E-state index in [2.05, 4.69) is 270 Å². The molecular weight excluding hydrogens is 901 g/mol. The van der Waals surface area contributed by atoms with Gasteiger partial charge in [-0.2, -0.15) is 0 Å². The van der Waals surface area contributed by atoms with Gasteiger partial charge in [0.2, 0.25) is 0 Å². The van der Waals surface area contributed by atoms with Crippen molar-refractivity contribution in [1.29, 1.82) is 0 Å². The van der Waals surface area contributed by atoms with Gasteiger partial charge in [0.25, 0.3) is 0 Å². The van der Waals surface area contributed by atoms with Gasteiger partial charge in [0, 0.05) is 33.5 Å². The molecule has 4 heteroatoms. The summed E-state index contributed by atoms with van der Waals surface area (Å²) in [5.41, 5.74) is 13.9. The van der Waals surface area contributed by atoms with E-state index in [1.54, 1.807) is 0 Å². The predicted molar refractivity (Wildman–Crippen MR) is 315 cm³/mol. The number of hydrogen-bond donors (Lipinski definition) is 0. The molecule has 0 aromatic heterocycles. The minimum Gasteiger partial charge on any atom is -0.491 e. The number of hydrogen-bond acceptors (Lipinski definition) is 4. The van der Waals surface area contributed by atoms with Crippen molar-refractivity contribution in [1.82, 2.24) is 0 Å². The quantitative estimate of drug-likeness (QED) is 0.122. The normalized spacial score (nSPS) is 11.9. The van der Waals surface area contributed by atoms with E-state index in [1.807, 2.05) is 0 Å². The number of nitrogens with zero attached hydrogens (tertiary/aromatic N) is 2. The molecule has 0 N–H and O–H groups in total. The molecule has 0 radical (unpaired) electrons. The summed E-state index contributed by atoms with van der Waals surface area (Å²) >= 11 is 0. The fourth-order valence-electron chi connectivity index (χ4n) is 11.8. The third-order valence-electron chi connectivity index (χ3n) is 14.7. The number of ether oxygens (including phenoxy) is 2. The number of anilines is 6. The molecule has 74 heavy (non-hydrogen) atoms. The zero-order valence-electron chi connectivity index (χ0n) is 42.7. The second-order valence-corrected chi connectivity index (χ2v) is 20.4. The van der Waals surface area contributed by atoms with Crippen LogP contribution in [-0.4, -0.2) is 12.2 Å². The second kappa shape index (κ2) is 18.0. The van der Waals surface area contributed by atoms with Crippen molar-refractivity contribution in [2.24, 2.45) is 0 Å². The summed E-state index contributed by atoms with van der Waals surface area (Å²) in [5.74, 6) is 1.72. The van der Waals surface area contributed by atoms with Crippen molar-refractivity contribution < 1.29 is 9.47 Å². The van der Waals surface area contributed by atoms with Crippen LogP contribution in [0.4, 0.5) is 34.1 Å². The number of benzene rings is 11. The largest absolute Gasteiger partial charge is 0.491 e. The molecule has 0 saturated heterocycles. The predicted octanol–water partition coefficient (Wildman–Crippen LogP) is 19.9. The first-order valence-corrected chi connectivity index (χ1v) is 25.9. The van der Waals surface area contributed by atoms with Crippen LogP contribution in [0.3, 0.4) is 0 Å². The third kappa shape index (κ3) is 7.43. The van der Waals surface area contributed by atoms with E-state index in [4.69, 9.17) is 9.47 Å². The fraction of sp³-hybridized carbons (Fsp3) is 0.114. The zero-order valence-corrected chi connectivity index (χ0v) is 42.7. The molecule has 0 spiro atoms. The Bertz CT molecular complexity index is 3840. The molecule has 13 rings (SSSR count). The SMILES string of the molecule is Cc1ccc(N(c2ccc(OC(C)C)cc2)c2ccc3c4c(-c5ccccc5)c5c6cccc7c(N(c8ccc(C)cc8)c8ccc(OC(C)C)cc8)ccc(c5c(-c5ccccc5)c4c4cccc2c43)c76)cc1. The fourth-order valence-corrected chi connectivity index (χ4v) is 11.8. The average molecular weight is 957 g/mol. The van der Waals surface area contributed by atoms with Gasteiger partial charge in [-0.3, -0.25) is 0 Å². The third-order valence-corrected chi connectivity index (χ3v) is 14.7. The van der Waals surface area contributed by atoms with Crippen molar-refractivity contribution in [3.63, 3.8) is 0 Å². The number of aryl methyl sites for hydroxylation is 2. The highest BCUT2D eigenvalue weighted by Crippen LogP contribution is 2.57. The smallest absolute Gasteiger partial charge is 0.119 e. The van der Waals surface area contributed by atoms with Gasteiger partial charge in [0.1, 0.15) is 11.5 Å². The average Bonchev–Trinajstić information content (AvgIpc) is 4.04. The van der Waals surface area contributed by atoms with Crippen LogP contribution in [0.25, 0.3) is 86.9 Å². The van der Waals surface area contributed by atoms with E-state index < -0.39 is 0 Å². The summed E-state index contributed by atoms with van der Waals surface area (Å²) in [6.45, 7) is 12.6. The summed E-state index contributed by atoms with van der Waals surface area (Å²) in [7, 11) is 0. The molecule has 4 nitrogen and oxygen atoms in total. The first kappa shape index (κ1) is 45.0. The monoisotopic (exact) mass is 956 g/mol. The van der Waals surface area contributed by atoms with E-state index >= 15 is 0 Å². The summed E-state index contributed by atoms with van der Waals surface area (Å²) in [5, 5.41) is 15.0. The molecule has 0 heterocycles. The first-order chi connectivity index (χ1) is 36.2. The summed E-state index contributed by atoms with van der Waals surface area (Å²) in [4.78, 5) is 4.81. The molecule has 13 aromatic rings. The van der Waals surface area contributed by atoms with Gasteiger partial charge in [0.05, 0.1) is 23.6 Å². The lowest BCUT2D eigenvalue weighted by atomic mass is 9.87. The summed E-state index contributed by atoms with van der Waals surface area (Å²) in [6, 6.07) is 80.5. The van der Waals surface area contributed by atoms with Gasteiger partial charge >= 0.3 is 0 Å². The lowest BCUT2D eigenvalue weighted by Gasteiger charge is -2.27. The molecule has 0 bridgehead atoms. The molecule has 0 fully saturated rings. The van der Waals surface area contributed by atoms with E-state index in [0.29, 0.717) is 0 Å². The van der Waals surface area contributed by atoms with Crippen LogP contribution in [0.15, 0.2) is 218 Å². The minimum absolute atomic E-state index is 0.0857. The molecule has 0 aliphatic heterocycles. The van der Waals surface area contributed by atoms with Crippen molar-refractivity contribution in [2.75, 3.05) is 9.80 Å². The Morgan fingerprint density at radius 2 is 0.595 bits per heavy atom. The Kier molecular flexibility index (Phi) is 11.0. The standard InChI is InChI=1S/C70H56N2O2/c1-43(2)73-53-35-31-51(32-36-53)71(49-27-23-45(5)24-28-49)61-41-39-59-65-55(61)19-13-21-57(65)67-63(47-15-9-7-10-16-47)70-60-40-42-62(72(50-29-25-46(6)26-30-50)52-33-37-54(38-34-52)74-44(3)4)56-20-14-22-58(66(56)60)68(70)64(69(59)67)48-17-11-8-12-18-48/h7-44H,1-6H3. The highest BCUT2D eigenvalue weighted by molar-refractivity contribution is 6.47. The lowest BCUT2D eigenvalue weighted by molar-refractivity contribution is 0.242. The Labute approximate surface area is 432 Å². The Morgan fingerprint density at radius 3 is 0.932 bits per heavy atom. The van der Waals surface area contributed by atoms with Gasteiger partial charge in [-0.15, -0.1) is 0 Å². The molecule has 0 saturated carbocycles. The zero-order chi connectivity index (χ0) is 50.2. The van der Waals surface area contributed by atoms with Crippen LogP contribution < -0.4 is 19.3 Å². The molecule has 0 aliphatic rings. The number of fused-ring (bicyclic) bond motifs is 6. The van der Waals surface area contributed by atoms with Gasteiger partial charge in [-0.1, -0.05) is 145 Å². The van der Waals surface area contributed by atoms with Gasteiger partial charge in [0.15, 0.2) is 0 Å². The minimum atomic E-state index is 0.0857. The molecule has 0 amide bonds. The molecule has 0 atom stereocenters. The Morgan fingerprint density at radius 1 is 0.284 bits per heavy atom. The second-order valence-electron chi connectivity index (χ2n) is 20.4. The van der Waals surface area contributed by atoms with Gasteiger partial charge in [-0.25, -0.2) is 0 Å². The van der Waals surface area contributed by atoms with Gasteiger partial charge in [-0.05, 0) is 203 Å². The van der Waals surface area contributed by atoms with E-state index in [9.17, 15) is 0 Å². The lowest BCUT2D eigenvalue weighted by Crippen LogP contribution is -2.11. The number of rotatable bonds is 12. The van der Waals surface area contributed by atoms with Crippen LogP contribution >= 0.6 is 0 Å². The maximum atomic E-state index is 6.14. The molecule has 13 aromatic carbocycles. The van der Waals surface area contributed by atoms with Crippen molar-refractivity contribution in [3.8, 4) is 33.8 Å². The van der Waals surface area contributed by atoms with E-state index in [-0.39, 0.29) is 12.2 Å². The first-order valence-electron chi connectivity index (χ1n) is 25.9. The van der Waals surface area contributed by atoms with E-state index in [1.165, 1.54) is 98.0 Å². The van der Waals surface area contributed by atoms with Crippen molar-refractivity contribution >= 4 is 98.8 Å². The Hall–Kier alpha value is -8.86. The highest BCUT2D eigenvalue weighted by atomic mass is 16.5. The Balaban J connectivity index is 1.14. The van der Waals surface area contributed by atoms with Gasteiger partial charge < -0.3 is 19.3 Å². The van der Waals surface area contributed by atoms with E-state index in [0.717, 1.165) is 45.6 Å². The van der Waals surface area contributed by atoms with Crippen LogP contribution in [0, 0.1) is 13.8 Å². The topological polar surface area (TPSA) is 24.9 Å². The van der Waals surface area contributed by atoms with Crippen LogP contribution in [0.1, 0.15) is 38.8 Å². The van der Waals surface area contributed by atoms with Crippen molar-refractivity contribution in [2.45, 2.75) is 53.8 Å². The molecule has 358 valence electrons. The molecular formula is C70H56N2O2. The summed E-state index contributed by atoms with van der Waals surface area (Å²) < 4.78 is 12.3.